The molecular formula is C17H16N4O5S. The zero-order valence-corrected chi connectivity index (χ0v) is 15.5. The summed E-state index contributed by atoms with van der Waals surface area (Å²) in [6.45, 7) is 5.31. The van der Waals surface area contributed by atoms with Gasteiger partial charge in [-0.3, -0.25) is 14.9 Å². The maximum absolute atomic E-state index is 12.3. The number of nitrogen functional groups attached to an aromatic ring is 1. The Hall–Kier alpha value is -3.27. The third kappa shape index (κ3) is 3.38. The third-order valence-electron chi connectivity index (χ3n) is 4.19. The first-order valence-electron chi connectivity index (χ1n) is 7.94. The topological polar surface area (TPSA) is 141 Å². The minimum Gasteiger partial charge on any atom is -0.451 e. The molecule has 3 N–H and O–H groups in total. The first kappa shape index (κ1) is 18.5. The smallest absolute Gasteiger partial charge is 0.339 e. The number of aromatic amines is 1. The van der Waals surface area contributed by atoms with Gasteiger partial charge in [0, 0.05) is 10.9 Å². The van der Waals surface area contributed by atoms with Gasteiger partial charge in [0.05, 0.1) is 15.9 Å². The van der Waals surface area contributed by atoms with E-state index in [2.05, 4.69) is 9.97 Å². The molecule has 9 nitrogen and oxygen atoms in total. The number of carbonyl (C=O) groups is 1. The quantitative estimate of drug-likeness (QED) is 0.303. The van der Waals surface area contributed by atoms with Crippen LogP contribution in [-0.4, -0.2) is 20.9 Å². The molecule has 27 heavy (non-hydrogen) atoms. The lowest BCUT2D eigenvalue weighted by Crippen LogP contribution is -2.17. The van der Waals surface area contributed by atoms with Crippen molar-refractivity contribution in [3.05, 3.63) is 60.5 Å². The lowest BCUT2D eigenvalue weighted by atomic mass is 10.2. The van der Waals surface area contributed by atoms with Gasteiger partial charge in [-0.25, -0.2) is 9.78 Å². The summed E-state index contributed by atoms with van der Waals surface area (Å²) < 4.78 is 5.31. The summed E-state index contributed by atoms with van der Waals surface area (Å²) in [7, 11) is 0. The monoisotopic (exact) mass is 388 g/mol. The number of fused-ring (bicyclic) bond motifs is 1. The molecule has 10 heteroatoms. The van der Waals surface area contributed by atoms with Crippen molar-refractivity contribution in [1.29, 1.82) is 0 Å². The summed E-state index contributed by atoms with van der Waals surface area (Å²) in [6, 6.07) is 3.65. The third-order valence-corrected chi connectivity index (χ3v) is 5.29. The number of nitro benzene ring substituents is 1. The first-order valence-corrected chi connectivity index (χ1v) is 8.75. The van der Waals surface area contributed by atoms with Crippen LogP contribution in [0.2, 0.25) is 0 Å². The molecule has 140 valence electrons. The number of ether oxygens (including phenoxy) is 1. The van der Waals surface area contributed by atoms with Gasteiger partial charge in [-0.1, -0.05) is 0 Å². The van der Waals surface area contributed by atoms with Crippen LogP contribution in [-0.2, 0) is 4.74 Å². The number of aromatic nitrogens is 2. The zero-order chi connectivity index (χ0) is 19.9. The molecule has 0 amide bonds. The lowest BCUT2D eigenvalue weighted by molar-refractivity contribution is -0.383. The number of nitrogens with zero attached hydrogens (tertiary/aromatic N) is 2. The van der Waals surface area contributed by atoms with Crippen molar-refractivity contribution in [2.75, 3.05) is 5.73 Å². The molecule has 0 saturated carbocycles. The maximum Gasteiger partial charge on any atom is 0.339 e. The van der Waals surface area contributed by atoms with E-state index in [1.165, 1.54) is 23.5 Å². The van der Waals surface area contributed by atoms with E-state index >= 15 is 0 Å². The summed E-state index contributed by atoms with van der Waals surface area (Å²) in [6.07, 6.45) is -0.853. The number of thiophene rings is 1. The van der Waals surface area contributed by atoms with E-state index in [1.807, 2.05) is 13.8 Å². The minimum atomic E-state index is -0.853. The van der Waals surface area contributed by atoms with Crippen molar-refractivity contribution in [3.63, 3.8) is 0 Å². The number of carbonyl (C=O) groups excluding carboxylic acids is 1. The standard InChI is InChI=1S/C17H16N4O5S/c1-7-9(3)27-16-13(7)15(22)19-14(20-16)8(2)26-17(23)10-4-5-11(18)12(6-10)21(24)25/h4-6,8H,18H2,1-3H3,(H,19,20,22)/t8-/m1/s1. The zero-order valence-electron chi connectivity index (χ0n) is 14.7. The number of nitrogens with two attached hydrogens (primary N) is 1. The van der Waals surface area contributed by atoms with Crippen molar-refractivity contribution in [3.8, 4) is 0 Å². The molecule has 0 unspecified atom stereocenters. The number of nitro groups is 1. The van der Waals surface area contributed by atoms with Gasteiger partial charge < -0.3 is 15.5 Å². The van der Waals surface area contributed by atoms with Crippen LogP contribution in [0, 0.1) is 24.0 Å². The van der Waals surface area contributed by atoms with Crippen molar-refractivity contribution in [2.24, 2.45) is 0 Å². The minimum absolute atomic E-state index is 0.0195. The fourth-order valence-electron chi connectivity index (χ4n) is 2.58. The molecule has 0 aliphatic rings. The number of H-pyrrole nitrogens is 1. The van der Waals surface area contributed by atoms with Crippen molar-refractivity contribution in [1.82, 2.24) is 9.97 Å². The number of aryl methyl sites for hydroxylation is 2. The van der Waals surface area contributed by atoms with Crippen LogP contribution in [0.1, 0.15) is 39.7 Å². The SMILES string of the molecule is Cc1sc2nc([C@@H](C)OC(=O)c3ccc(N)c([N+](=O)[O-])c3)[nH]c(=O)c2c1C. The highest BCUT2D eigenvalue weighted by Crippen LogP contribution is 2.27. The van der Waals surface area contributed by atoms with Gasteiger partial charge >= 0.3 is 5.97 Å². The van der Waals surface area contributed by atoms with Crippen LogP contribution in [0.3, 0.4) is 0 Å². The molecule has 0 spiro atoms. The van der Waals surface area contributed by atoms with Crippen LogP contribution in [0.25, 0.3) is 10.2 Å². The van der Waals surface area contributed by atoms with Gasteiger partial charge in [0.2, 0.25) is 0 Å². The Morgan fingerprint density at radius 2 is 2.11 bits per heavy atom. The average molecular weight is 388 g/mol. The highest BCUT2D eigenvalue weighted by molar-refractivity contribution is 7.18. The van der Waals surface area contributed by atoms with Crippen molar-refractivity contribution < 1.29 is 14.5 Å². The Morgan fingerprint density at radius 3 is 2.78 bits per heavy atom. The molecule has 0 saturated heterocycles. The van der Waals surface area contributed by atoms with E-state index in [9.17, 15) is 19.7 Å². The van der Waals surface area contributed by atoms with Crippen LogP contribution in [0.5, 0.6) is 0 Å². The van der Waals surface area contributed by atoms with Gasteiger partial charge in [0.25, 0.3) is 11.2 Å². The number of hydrogen-bond acceptors (Lipinski definition) is 8. The average Bonchev–Trinajstić information content (AvgIpc) is 2.89. The maximum atomic E-state index is 12.3. The van der Waals surface area contributed by atoms with E-state index < -0.39 is 17.0 Å². The van der Waals surface area contributed by atoms with Crippen LogP contribution in [0.4, 0.5) is 11.4 Å². The van der Waals surface area contributed by atoms with Gasteiger partial charge in [-0.2, -0.15) is 0 Å². The molecular weight excluding hydrogens is 372 g/mol. The highest BCUT2D eigenvalue weighted by atomic mass is 32.1. The molecule has 0 radical (unpaired) electrons. The Kier molecular flexibility index (Phi) is 4.66. The van der Waals surface area contributed by atoms with Crippen molar-refractivity contribution in [2.45, 2.75) is 26.9 Å². The summed E-state index contributed by atoms with van der Waals surface area (Å²) in [5, 5.41) is 11.5. The van der Waals surface area contributed by atoms with Crippen LogP contribution < -0.4 is 11.3 Å². The van der Waals surface area contributed by atoms with E-state index in [0.29, 0.717) is 10.2 Å². The van der Waals surface area contributed by atoms with Gasteiger partial charge in [0.15, 0.2) is 11.9 Å². The normalized spacial score (nSPS) is 12.1. The predicted molar refractivity (Wildman–Crippen MR) is 101 cm³/mol. The molecule has 1 aromatic carbocycles. The Labute approximate surface area is 157 Å². The lowest BCUT2D eigenvalue weighted by Gasteiger charge is -2.12. The number of anilines is 1. The summed E-state index contributed by atoms with van der Waals surface area (Å²) >= 11 is 1.39. The molecule has 0 aliphatic heterocycles. The van der Waals surface area contributed by atoms with Crippen LogP contribution >= 0.6 is 11.3 Å². The summed E-state index contributed by atoms with van der Waals surface area (Å²) in [4.78, 5) is 43.5. The fourth-order valence-corrected chi connectivity index (χ4v) is 3.61. The second-order valence-electron chi connectivity index (χ2n) is 5.99. The molecule has 2 heterocycles. The molecule has 0 fully saturated rings. The number of nitrogens with one attached hydrogen (secondary N) is 1. The second-order valence-corrected chi connectivity index (χ2v) is 7.20. The van der Waals surface area contributed by atoms with E-state index in [4.69, 9.17) is 10.5 Å². The number of benzene rings is 1. The summed E-state index contributed by atoms with van der Waals surface area (Å²) in [5.74, 6) is -0.584. The molecule has 2 aromatic heterocycles. The van der Waals surface area contributed by atoms with Gasteiger partial charge in [-0.15, -0.1) is 11.3 Å². The first-order chi connectivity index (χ1) is 12.7. The van der Waals surface area contributed by atoms with E-state index in [0.717, 1.165) is 16.5 Å². The Morgan fingerprint density at radius 1 is 1.41 bits per heavy atom. The molecule has 1 atom stereocenters. The number of rotatable bonds is 4. The fraction of sp³-hybridized carbons (Fsp3) is 0.235. The molecule has 0 bridgehead atoms. The van der Waals surface area contributed by atoms with E-state index in [1.54, 1.807) is 6.92 Å². The van der Waals surface area contributed by atoms with E-state index in [-0.39, 0.29) is 28.3 Å². The highest BCUT2D eigenvalue weighted by Gasteiger charge is 2.21. The molecule has 3 aromatic rings. The number of hydrogen-bond donors (Lipinski definition) is 2. The van der Waals surface area contributed by atoms with Gasteiger partial charge in [-0.05, 0) is 38.5 Å². The predicted octanol–water partition coefficient (Wildman–Crippen LogP) is 3.01. The molecule has 3 rings (SSSR count). The van der Waals surface area contributed by atoms with Crippen LogP contribution in [0.15, 0.2) is 23.0 Å². The number of esters is 1. The van der Waals surface area contributed by atoms with Gasteiger partial charge in [0.1, 0.15) is 10.5 Å². The Balaban J connectivity index is 1.89. The van der Waals surface area contributed by atoms with Crippen molar-refractivity contribution >= 4 is 38.9 Å². The molecule has 0 aliphatic carbocycles. The second kappa shape index (κ2) is 6.80. The summed E-state index contributed by atoms with van der Waals surface area (Å²) in [5.41, 5.74) is 5.64. The Bertz CT molecular complexity index is 1130. The largest absolute Gasteiger partial charge is 0.451 e.